The minimum atomic E-state index is -0.649. The molecule has 2 N–H and O–H groups in total. The average molecular weight is 289 g/mol. The van der Waals surface area contributed by atoms with Crippen LogP contribution in [0.1, 0.15) is 22.8 Å². The van der Waals surface area contributed by atoms with Crippen molar-refractivity contribution in [1.82, 2.24) is 0 Å². The van der Waals surface area contributed by atoms with Gasteiger partial charge in [-0.3, -0.25) is 4.79 Å². The molecule has 0 aliphatic rings. The largest absolute Gasteiger partial charge is 0.497 e. The predicted molar refractivity (Wildman–Crippen MR) is 78.4 cm³/mol. The number of carbonyl (C=O) groups excluding carboxylic acids is 1. The van der Waals surface area contributed by atoms with E-state index >= 15 is 0 Å². The molecule has 0 spiro atoms. The van der Waals surface area contributed by atoms with Crippen molar-refractivity contribution in [2.75, 3.05) is 19.5 Å². The second-order valence-electron chi connectivity index (χ2n) is 4.33. The van der Waals surface area contributed by atoms with Crippen molar-refractivity contribution in [2.24, 2.45) is 0 Å². The van der Waals surface area contributed by atoms with Crippen LogP contribution >= 0.6 is 0 Å². The molecule has 2 aromatic rings. The van der Waals surface area contributed by atoms with Gasteiger partial charge in [-0.05, 0) is 31.2 Å². The lowest BCUT2D eigenvalue weighted by molar-refractivity contribution is 0.103. The van der Waals surface area contributed by atoms with Crippen LogP contribution in [0.4, 0.5) is 10.1 Å². The predicted octanol–water partition coefficient (Wildman–Crippen LogP) is 3.05. The van der Waals surface area contributed by atoms with Gasteiger partial charge in [-0.25, -0.2) is 4.39 Å². The molecule has 0 unspecified atom stereocenters. The molecule has 0 fully saturated rings. The zero-order valence-corrected chi connectivity index (χ0v) is 11.9. The maximum atomic E-state index is 14.0. The Bertz CT molecular complexity index is 671. The van der Waals surface area contributed by atoms with E-state index in [2.05, 4.69) is 0 Å². The van der Waals surface area contributed by atoms with E-state index in [0.717, 1.165) is 0 Å². The summed E-state index contributed by atoms with van der Waals surface area (Å²) in [5, 5.41) is 0. The van der Waals surface area contributed by atoms with Gasteiger partial charge in [-0.2, -0.15) is 0 Å². The Morgan fingerprint density at radius 2 is 2.00 bits per heavy atom. The van der Waals surface area contributed by atoms with E-state index in [9.17, 15) is 9.18 Å². The molecule has 0 radical (unpaired) electrons. The van der Waals surface area contributed by atoms with Crippen molar-refractivity contribution in [3.63, 3.8) is 0 Å². The van der Waals surface area contributed by atoms with Crippen molar-refractivity contribution in [3.05, 3.63) is 53.3 Å². The Kier molecular flexibility index (Phi) is 4.42. The lowest BCUT2D eigenvalue weighted by Gasteiger charge is -2.12. The van der Waals surface area contributed by atoms with Crippen LogP contribution in [0.25, 0.3) is 0 Å². The number of methoxy groups -OCH3 is 1. The molecule has 0 heterocycles. The van der Waals surface area contributed by atoms with E-state index in [1.807, 2.05) is 0 Å². The molecule has 110 valence electrons. The molecule has 0 saturated carbocycles. The van der Waals surface area contributed by atoms with Crippen molar-refractivity contribution >= 4 is 11.5 Å². The molecule has 0 bridgehead atoms. The monoisotopic (exact) mass is 289 g/mol. The minimum absolute atomic E-state index is 0.0534. The lowest BCUT2D eigenvalue weighted by atomic mass is 10.0. The molecule has 2 aromatic carbocycles. The summed E-state index contributed by atoms with van der Waals surface area (Å²) in [6, 6.07) is 8.91. The van der Waals surface area contributed by atoms with Gasteiger partial charge in [0.15, 0.2) is 11.5 Å². The van der Waals surface area contributed by atoms with Gasteiger partial charge in [0.05, 0.1) is 30.5 Å². The summed E-state index contributed by atoms with van der Waals surface area (Å²) >= 11 is 0. The number of nitrogens with two attached hydrogens (primary N) is 1. The molecule has 2 rings (SSSR count). The Morgan fingerprint density at radius 3 is 2.62 bits per heavy atom. The third-order valence-corrected chi connectivity index (χ3v) is 3.00. The highest BCUT2D eigenvalue weighted by molar-refractivity contribution is 6.11. The van der Waals surface area contributed by atoms with E-state index in [1.165, 1.54) is 25.3 Å². The quantitative estimate of drug-likeness (QED) is 0.679. The standard InChI is InChI=1S/C16H16FNO3/c1-3-21-16-12(5-4-6-14(16)18)15(19)11-8-7-10(20-2)9-13(11)17/h4-9H,3,18H2,1-2H3. The first-order valence-electron chi connectivity index (χ1n) is 6.48. The number of nitrogen functional groups attached to an aromatic ring is 1. The highest BCUT2D eigenvalue weighted by Gasteiger charge is 2.20. The van der Waals surface area contributed by atoms with Gasteiger partial charge < -0.3 is 15.2 Å². The first-order valence-corrected chi connectivity index (χ1v) is 6.48. The summed E-state index contributed by atoms with van der Waals surface area (Å²) < 4.78 is 24.3. The van der Waals surface area contributed by atoms with Crippen LogP contribution in [0.15, 0.2) is 36.4 Å². The molecule has 0 amide bonds. The van der Waals surface area contributed by atoms with Crippen LogP contribution in [0.3, 0.4) is 0 Å². The third kappa shape index (κ3) is 2.97. The number of hydrogen-bond donors (Lipinski definition) is 1. The van der Waals surface area contributed by atoms with Crippen LogP contribution in [-0.2, 0) is 0 Å². The first-order chi connectivity index (χ1) is 10.1. The van der Waals surface area contributed by atoms with Crippen molar-refractivity contribution < 1.29 is 18.7 Å². The van der Waals surface area contributed by atoms with Gasteiger partial charge in [0.25, 0.3) is 0 Å². The summed E-state index contributed by atoms with van der Waals surface area (Å²) in [4.78, 5) is 12.5. The number of anilines is 1. The third-order valence-electron chi connectivity index (χ3n) is 3.00. The van der Waals surface area contributed by atoms with Gasteiger partial charge in [-0.15, -0.1) is 0 Å². The topological polar surface area (TPSA) is 61.5 Å². The van der Waals surface area contributed by atoms with Gasteiger partial charge in [-0.1, -0.05) is 6.07 Å². The molecule has 0 aliphatic carbocycles. The van der Waals surface area contributed by atoms with Crippen LogP contribution in [0.2, 0.25) is 0 Å². The Balaban J connectivity index is 2.47. The molecule has 0 saturated heterocycles. The molecule has 0 aromatic heterocycles. The summed E-state index contributed by atoms with van der Waals surface area (Å²) in [6.45, 7) is 2.15. The number of rotatable bonds is 5. The second kappa shape index (κ2) is 6.26. The normalized spacial score (nSPS) is 10.2. The molecular weight excluding hydrogens is 273 g/mol. The number of carbonyl (C=O) groups is 1. The fourth-order valence-electron chi connectivity index (χ4n) is 1.99. The highest BCUT2D eigenvalue weighted by Crippen LogP contribution is 2.29. The van der Waals surface area contributed by atoms with Crippen LogP contribution < -0.4 is 15.2 Å². The Hall–Kier alpha value is -2.56. The van der Waals surface area contributed by atoms with E-state index in [1.54, 1.807) is 25.1 Å². The van der Waals surface area contributed by atoms with E-state index in [-0.39, 0.29) is 16.9 Å². The first kappa shape index (κ1) is 14.8. The summed E-state index contributed by atoms with van der Waals surface area (Å²) in [6.07, 6.45) is 0. The number of ketones is 1. The van der Waals surface area contributed by atoms with Crippen LogP contribution in [0, 0.1) is 5.82 Å². The molecule has 21 heavy (non-hydrogen) atoms. The average Bonchev–Trinajstić information content (AvgIpc) is 2.48. The fraction of sp³-hybridized carbons (Fsp3) is 0.188. The SMILES string of the molecule is CCOc1c(N)cccc1C(=O)c1ccc(OC)cc1F. The summed E-state index contributed by atoms with van der Waals surface area (Å²) in [7, 11) is 1.43. The maximum absolute atomic E-state index is 14.0. The smallest absolute Gasteiger partial charge is 0.199 e. The Morgan fingerprint density at radius 1 is 1.24 bits per heavy atom. The van der Waals surface area contributed by atoms with Crippen molar-refractivity contribution in [2.45, 2.75) is 6.92 Å². The zero-order chi connectivity index (χ0) is 15.4. The number of para-hydroxylation sites is 1. The molecular formula is C16H16FNO3. The van der Waals surface area contributed by atoms with Gasteiger partial charge in [0.2, 0.25) is 0 Å². The van der Waals surface area contributed by atoms with Gasteiger partial charge >= 0.3 is 0 Å². The summed E-state index contributed by atoms with van der Waals surface area (Å²) in [5.74, 6) is -0.503. The number of halogens is 1. The highest BCUT2D eigenvalue weighted by atomic mass is 19.1. The number of ether oxygens (including phenoxy) is 2. The van der Waals surface area contributed by atoms with E-state index < -0.39 is 11.6 Å². The summed E-state index contributed by atoms with van der Waals surface area (Å²) in [5.41, 5.74) is 6.34. The van der Waals surface area contributed by atoms with E-state index in [0.29, 0.717) is 18.0 Å². The minimum Gasteiger partial charge on any atom is -0.497 e. The molecule has 0 atom stereocenters. The fourth-order valence-corrected chi connectivity index (χ4v) is 1.99. The molecule has 4 nitrogen and oxygen atoms in total. The van der Waals surface area contributed by atoms with Gasteiger partial charge in [0, 0.05) is 6.07 Å². The van der Waals surface area contributed by atoms with Crippen molar-refractivity contribution in [3.8, 4) is 11.5 Å². The number of hydrogen-bond acceptors (Lipinski definition) is 4. The van der Waals surface area contributed by atoms with Crippen LogP contribution in [0.5, 0.6) is 11.5 Å². The van der Waals surface area contributed by atoms with Crippen LogP contribution in [-0.4, -0.2) is 19.5 Å². The maximum Gasteiger partial charge on any atom is 0.199 e. The zero-order valence-electron chi connectivity index (χ0n) is 11.9. The van der Waals surface area contributed by atoms with E-state index in [4.69, 9.17) is 15.2 Å². The molecule has 0 aliphatic heterocycles. The Labute approximate surface area is 122 Å². The molecule has 5 heteroatoms. The second-order valence-corrected chi connectivity index (χ2v) is 4.33. The van der Waals surface area contributed by atoms with Gasteiger partial charge in [0.1, 0.15) is 11.6 Å². The van der Waals surface area contributed by atoms with Crippen molar-refractivity contribution in [1.29, 1.82) is 0 Å². The number of benzene rings is 2. The lowest BCUT2D eigenvalue weighted by Crippen LogP contribution is -2.09.